The Morgan fingerprint density at radius 1 is 1.25 bits per heavy atom. The largest absolute Gasteiger partial charge is 0.356 e. The van der Waals surface area contributed by atoms with E-state index in [0.29, 0.717) is 5.96 Å². The summed E-state index contributed by atoms with van der Waals surface area (Å²) >= 11 is 0. The topological polar surface area (TPSA) is 56.7 Å². The molecule has 0 saturated heterocycles. The predicted octanol–water partition coefficient (Wildman–Crippen LogP) is 2.66. The van der Waals surface area contributed by atoms with Gasteiger partial charge < -0.3 is 15.5 Å². The number of likely N-dealkylation sites (N-methyl/N-ethyl adjacent to an activating group) is 1. The highest BCUT2D eigenvalue weighted by atomic mass is 127. The number of nitrogens with zero attached hydrogens (tertiary/aromatic N) is 2. The molecule has 1 rings (SSSR count). The second-order valence-electron chi connectivity index (χ2n) is 5.95. The third-order valence-corrected chi connectivity index (χ3v) is 3.51. The van der Waals surface area contributed by atoms with Crippen molar-refractivity contribution < 1.29 is 4.79 Å². The van der Waals surface area contributed by atoms with E-state index in [1.54, 1.807) is 19.0 Å². The lowest BCUT2D eigenvalue weighted by Gasteiger charge is -2.18. The van der Waals surface area contributed by atoms with Crippen molar-refractivity contribution in [2.75, 3.05) is 27.2 Å². The number of hydrogen-bond donors (Lipinski definition) is 2. The lowest BCUT2D eigenvalue weighted by Crippen LogP contribution is -2.43. The summed E-state index contributed by atoms with van der Waals surface area (Å²) < 4.78 is 0. The molecule has 0 spiro atoms. The van der Waals surface area contributed by atoms with Gasteiger partial charge in [0.2, 0.25) is 5.91 Å². The number of guanidine groups is 1. The molecule has 6 heteroatoms. The van der Waals surface area contributed by atoms with Crippen LogP contribution in [0.2, 0.25) is 0 Å². The van der Waals surface area contributed by atoms with Crippen LogP contribution < -0.4 is 10.6 Å². The van der Waals surface area contributed by atoms with Crippen LogP contribution in [0.15, 0.2) is 35.3 Å². The fourth-order valence-corrected chi connectivity index (χ4v) is 2.02. The summed E-state index contributed by atoms with van der Waals surface area (Å²) in [6, 6.07) is 10.7. The number of benzene rings is 1. The Balaban J connectivity index is 0.00000529. The fraction of sp³-hybridized carbons (Fsp3) is 0.556. The van der Waals surface area contributed by atoms with Crippen molar-refractivity contribution in [2.24, 2.45) is 4.99 Å². The Kier molecular flexibility index (Phi) is 12.3. The summed E-state index contributed by atoms with van der Waals surface area (Å²) in [5.74, 6) is 0.710. The first-order valence-corrected chi connectivity index (χ1v) is 8.31. The lowest BCUT2D eigenvalue weighted by atomic mass is 10.1. The molecule has 5 nitrogen and oxygen atoms in total. The van der Waals surface area contributed by atoms with Gasteiger partial charge in [0.25, 0.3) is 0 Å². The van der Waals surface area contributed by atoms with Crippen LogP contribution in [0, 0.1) is 0 Å². The SMILES string of the molecule is CCCNC(=NCC(=O)N(C)C)NC(C)CCc1ccccc1.I. The number of hydrogen-bond acceptors (Lipinski definition) is 2. The normalized spacial score (nSPS) is 12.1. The van der Waals surface area contributed by atoms with Crippen molar-refractivity contribution in [3.63, 3.8) is 0 Å². The van der Waals surface area contributed by atoms with Gasteiger partial charge >= 0.3 is 0 Å². The average molecular weight is 446 g/mol. The Labute approximate surface area is 163 Å². The van der Waals surface area contributed by atoms with Crippen LogP contribution in [0.1, 0.15) is 32.3 Å². The summed E-state index contributed by atoms with van der Waals surface area (Å²) in [4.78, 5) is 17.6. The Morgan fingerprint density at radius 2 is 1.92 bits per heavy atom. The van der Waals surface area contributed by atoms with Gasteiger partial charge in [0.05, 0.1) is 0 Å². The van der Waals surface area contributed by atoms with E-state index in [2.05, 4.69) is 53.7 Å². The highest BCUT2D eigenvalue weighted by Crippen LogP contribution is 2.04. The zero-order valence-electron chi connectivity index (χ0n) is 15.2. The molecule has 0 fully saturated rings. The number of rotatable bonds is 8. The number of halogens is 1. The summed E-state index contributed by atoms with van der Waals surface area (Å²) in [6.07, 6.45) is 3.05. The first-order chi connectivity index (χ1) is 11.0. The number of aliphatic imine (C=N–C) groups is 1. The van der Waals surface area contributed by atoms with Gasteiger partial charge in [0.15, 0.2) is 5.96 Å². The van der Waals surface area contributed by atoms with Crippen LogP contribution in [-0.2, 0) is 11.2 Å². The quantitative estimate of drug-likeness (QED) is 0.367. The highest BCUT2D eigenvalue weighted by molar-refractivity contribution is 14.0. The monoisotopic (exact) mass is 446 g/mol. The van der Waals surface area contributed by atoms with Gasteiger partial charge in [-0.2, -0.15) is 0 Å². The van der Waals surface area contributed by atoms with Crippen LogP contribution >= 0.6 is 24.0 Å². The molecule has 0 aliphatic heterocycles. The molecule has 1 atom stereocenters. The maximum absolute atomic E-state index is 11.7. The molecule has 24 heavy (non-hydrogen) atoms. The zero-order chi connectivity index (χ0) is 17.1. The second-order valence-corrected chi connectivity index (χ2v) is 5.95. The maximum Gasteiger partial charge on any atom is 0.243 e. The van der Waals surface area contributed by atoms with Crippen molar-refractivity contribution in [1.82, 2.24) is 15.5 Å². The van der Waals surface area contributed by atoms with Crippen LogP contribution in [0.4, 0.5) is 0 Å². The molecule has 136 valence electrons. The number of nitrogens with one attached hydrogen (secondary N) is 2. The first kappa shape index (κ1) is 22.7. The number of aryl methyl sites for hydroxylation is 1. The minimum absolute atomic E-state index is 0. The van der Waals surface area contributed by atoms with Crippen molar-refractivity contribution >= 4 is 35.8 Å². The molecule has 0 saturated carbocycles. The second kappa shape index (κ2) is 13.0. The first-order valence-electron chi connectivity index (χ1n) is 8.31. The summed E-state index contributed by atoms with van der Waals surface area (Å²) in [5, 5.41) is 6.65. The van der Waals surface area contributed by atoms with Gasteiger partial charge in [-0.3, -0.25) is 4.79 Å². The molecule has 0 aromatic heterocycles. The number of carbonyl (C=O) groups is 1. The smallest absolute Gasteiger partial charge is 0.243 e. The van der Waals surface area contributed by atoms with E-state index in [4.69, 9.17) is 0 Å². The number of carbonyl (C=O) groups excluding carboxylic acids is 1. The molecule has 1 aromatic rings. The predicted molar refractivity (Wildman–Crippen MR) is 112 cm³/mol. The van der Waals surface area contributed by atoms with Crippen LogP contribution in [0.25, 0.3) is 0 Å². The average Bonchev–Trinajstić information content (AvgIpc) is 2.55. The highest BCUT2D eigenvalue weighted by Gasteiger charge is 2.08. The standard InChI is InChI=1S/C18H30N4O.HI/c1-5-13-19-18(20-14-17(23)22(3)4)21-15(2)11-12-16-9-7-6-8-10-16;/h6-10,15H,5,11-14H2,1-4H3,(H2,19,20,21);1H. The van der Waals surface area contributed by atoms with Gasteiger partial charge in [0.1, 0.15) is 6.54 Å². The van der Waals surface area contributed by atoms with Crippen LogP contribution in [0.5, 0.6) is 0 Å². The van der Waals surface area contributed by atoms with E-state index in [1.165, 1.54) is 5.56 Å². The molecule has 2 N–H and O–H groups in total. The van der Waals surface area contributed by atoms with Crippen molar-refractivity contribution in [1.29, 1.82) is 0 Å². The van der Waals surface area contributed by atoms with Gasteiger partial charge in [0, 0.05) is 26.7 Å². The number of amides is 1. The minimum Gasteiger partial charge on any atom is -0.356 e. The summed E-state index contributed by atoms with van der Waals surface area (Å²) in [6.45, 7) is 5.25. The summed E-state index contributed by atoms with van der Waals surface area (Å²) in [5.41, 5.74) is 1.34. The molecule has 0 radical (unpaired) electrons. The Hall–Kier alpha value is -1.31. The summed E-state index contributed by atoms with van der Waals surface area (Å²) in [7, 11) is 3.49. The van der Waals surface area contributed by atoms with Crippen molar-refractivity contribution in [3.8, 4) is 0 Å². The molecule has 0 aliphatic carbocycles. The molecule has 0 aliphatic rings. The third-order valence-electron chi connectivity index (χ3n) is 3.51. The lowest BCUT2D eigenvalue weighted by molar-refractivity contribution is -0.127. The van der Waals surface area contributed by atoms with Crippen molar-refractivity contribution in [3.05, 3.63) is 35.9 Å². The molecule has 0 heterocycles. The fourth-order valence-electron chi connectivity index (χ4n) is 2.02. The van der Waals surface area contributed by atoms with E-state index < -0.39 is 0 Å². The molecule has 1 amide bonds. The van der Waals surface area contributed by atoms with Crippen LogP contribution in [0.3, 0.4) is 0 Å². The Bertz CT molecular complexity index is 491. The van der Waals surface area contributed by atoms with E-state index in [-0.39, 0.29) is 42.5 Å². The van der Waals surface area contributed by atoms with E-state index in [0.717, 1.165) is 25.8 Å². The van der Waals surface area contributed by atoms with Gasteiger partial charge in [-0.1, -0.05) is 37.3 Å². The van der Waals surface area contributed by atoms with E-state index in [9.17, 15) is 4.79 Å². The van der Waals surface area contributed by atoms with E-state index in [1.807, 2.05) is 6.07 Å². The minimum atomic E-state index is -0.000429. The maximum atomic E-state index is 11.7. The molecule has 0 bridgehead atoms. The van der Waals surface area contributed by atoms with Gasteiger partial charge in [-0.25, -0.2) is 4.99 Å². The van der Waals surface area contributed by atoms with Crippen molar-refractivity contribution in [2.45, 2.75) is 39.2 Å². The molecule has 1 aromatic carbocycles. The van der Waals surface area contributed by atoms with Gasteiger partial charge in [-0.15, -0.1) is 24.0 Å². The van der Waals surface area contributed by atoms with E-state index >= 15 is 0 Å². The van der Waals surface area contributed by atoms with Crippen LogP contribution in [-0.4, -0.2) is 50.0 Å². The van der Waals surface area contributed by atoms with Gasteiger partial charge in [-0.05, 0) is 31.7 Å². The molecular weight excluding hydrogens is 415 g/mol. The third kappa shape index (κ3) is 9.75. The molecular formula is C18H31IN4O. The Morgan fingerprint density at radius 3 is 2.50 bits per heavy atom. The zero-order valence-corrected chi connectivity index (χ0v) is 17.5. The molecule has 1 unspecified atom stereocenters.